The van der Waals surface area contributed by atoms with Gasteiger partial charge in [0.1, 0.15) is 0 Å². The van der Waals surface area contributed by atoms with Gasteiger partial charge in [-0.2, -0.15) is 0 Å². The van der Waals surface area contributed by atoms with Gasteiger partial charge in [-0.05, 0) is 34.5 Å². The van der Waals surface area contributed by atoms with Crippen molar-refractivity contribution in [1.82, 2.24) is 25.9 Å². The molecule has 0 aromatic rings. The predicted molar refractivity (Wildman–Crippen MR) is 112 cm³/mol. The number of amides is 4. The molecule has 1 rings (SSSR count). The monoisotopic (exact) mass is 449 g/mol. The second-order valence-electron chi connectivity index (χ2n) is 8.02. The van der Waals surface area contributed by atoms with Gasteiger partial charge in [0.2, 0.25) is 11.8 Å². The van der Waals surface area contributed by atoms with Crippen LogP contribution in [0.1, 0.15) is 46.5 Å². The van der Waals surface area contributed by atoms with Crippen molar-refractivity contribution >= 4 is 29.6 Å². The highest BCUT2D eigenvalue weighted by Gasteiger charge is 2.38. The minimum Gasteiger partial charge on any atom is -0.355 e. The van der Waals surface area contributed by atoms with E-state index in [1.807, 2.05) is 34.9 Å². The maximum absolute atomic E-state index is 12.7. The number of hydroxylamine groups is 2. The molecule has 3 N–H and O–H groups in total. The maximum atomic E-state index is 12.7. The van der Waals surface area contributed by atoms with E-state index in [0.717, 1.165) is 6.54 Å². The molecule has 0 aromatic carbocycles. The van der Waals surface area contributed by atoms with Crippen LogP contribution in [0.25, 0.3) is 0 Å². The number of carbonyl (C=O) groups is 5. The van der Waals surface area contributed by atoms with Crippen molar-refractivity contribution < 1.29 is 28.8 Å². The largest absolute Gasteiger partial charge is 0.355 e. The van der Waals surface area contributed by atoms with Gasteiger partial charge in [-0.25, -0.2) is 4.79 Å². The van der Waals surface area contributed by atoms with Crippen LogP contribution in [-0.4, -0.2) is 85.9 Å². The van der Waals surface area contributed by atoms with Crippen LogP contribution in [0.15, 0.2) is 0 Å². The molecule has 0 aromatic heterocycles. The first kappa shape index (κ1) is 26.5. The Bertz CT molecular complexity index is 665. The molecule has 1 unspecified atom stereocenters. The summed E-state index contributed by atoms with van der Waals surface area (Å²) in [6, 6.07) is -0.0169. The quantitative estimate of drug-likeness (QED) is 0.188. The number of rotatable bonds is 13. The Labute approximate surface area is 183 Å². The van der Waals surface area contributed by atoms with Crippen molar-refractivity contribution in [2.75, 3.05) is 40.3 Å². The van der Waals surface area contributed by atoms with Crippen molar-refractivity contribution in [3.05, 3.63) is 0 Å². The zero-order valence-corrected chi connectivity index (χ0v) is 19.1. The van der Waals surface area contributed by atoms with E-state index >= 15 is 0 Å². The van der Waals surface area contributed by atoms with Gasteiger partial charge in [-0.3, -0.25) is 19.2 Å². The second-order valence-corrected chi connectivity index (χ2v) is 8.02. The fourth-order valence-electron chi connectivity index (χ4n) is 3.24. The molecule has 1 aliphatic heterocycles. The zero-order chi connectivity index (χ0) is 23.6. The molecule has 0 aliphatic carbocycles. The standard InChI is InChI=1S/C20H35N5O6/c1-6-24(5)14(13-21-4)20(2,3)19(30)23-11-9-15(26)22-12-10-18(29)31-25-16(27)7-8-17(25)28/h14,21H,6-13H2,1-5H3,(H,22,26)(H,23,30)/i1+1,4+1,5+1,6+1,18+1,21+1,22+1,24+1. The van der Waals surface area contributed by atoms with Crippen LogP contribution in [0.2, 0.25) is 0 Å². The van der Waals surface area contributed by atoms with E-state index in [1.165, 1.54) is 0 Å². The SMILES string of the molecule is CC(C)(C(=O)NCCC(=O)[15NH]CC[13C](=O)ON1C(=O)CCC1=O)C(C[15NH][13CH3])[15N]([13CH3])[13CH2][13CH3]. The molecule has 1 aliphatic rings. The van der Waals surface area contributed by atoms with E-state index < -0.39 is 23.2 Å². The first-order valence-electron chi connectivity index (χ1n) is 10.5. The highest BCUT2D eigenvalue weighted by Crippen LogP contribution is 2.24. The minimum absolute atomic E-state index is 0.00113. The molecule has 176 valence electrons. The fraction of sp³-hybridized carbons (Fsp3) is 0.750. The number of hydrogen-bond donors (Lipinski definition) is 3. The first-order chi connectivity index (χ1) is 14.5. The lowest BCUT2D eigenvalue weighted by molar-refractivity contribution is -0.197. The lowest BCUT2D eigenvalue weighted by atomic mass is 9.84. The molecular weight excluding hydrogens is 414 g/mol. The number of likely N-dealkylation sites (N-methyl/N-ethyl adjacent to an activating group) is 2. The summed E-state index contributed by atoms with van der Waals surface area (Å²) in [6.07, 6.45) is -0.0802. The minimum atomic E-state index is -0.783. The molecular formula is C20H35N5O6. The second kappa shape index (κ2) is 12.4. The number of carbonyl (C=O) groups excluding carboxylic acids is 5. The maximum Gasteiger partial charge on any atom is 0.334 e. The summed E-state index contributed by atoms with van der Waals surface area (Å²) in [7, 11) is 3.80. The Hall–Kier alpha value is -2.53. The van der Waals surface area contributed by atoms with E-state index in [2.05, 4.69) is 20.9 Å². The Kier molecular flexibility index (Phi) is 10.6. The number of nitrogens with one attached hydrogen (secondary N) is 3. The molecule has 4 amide bonds. The molecule has 1 heterocycles. The van der Waals surface area contributed by atoms with Crippen molar-refractivity contribution in [3.8, 4) is 0 Å². The van der Waals surface area contributed by atoms with Gasteiger partial charge in [-0.1, -0.05) is 6.92 Å². The van der Waals surface area contributed by atoms with Crippen molar-refractivity contribution in [3.63, 3.8) is 0 Å². The van der Waals surface area contributed by atoms with Crippen LogP contribution < -0.4 is 16.0 Å². The molecule has 0 radical (unpaired) electrons. The summed E-state index contributed by atoms with van der Waals surface area (Å²) in [5.74, 6) is -2.37. The van der Waals surface area contributed by atoms with Gasteiger partial charge >= 0.3 is 5.97 Å². The van der Waals surface area contributed by atoms with E-state index in [1.54, 1.807) is 0 Å². The molecule has 1 fully saturated rings. The van der Waals surface area contributed by atoms with Gasteiger partial charge in [0, 0.05) is 44.9 Å². The average Bonchev–Trinajstić information content (AvgIpc) is 3.03. The Morgan fingerprint density at radius 3 is 2.23 bits per heavy atom. The average molecular weight is 449 g/mol. The van der Waals surface area contributed by atoms with Crippen molar-refractivity contribution in [2.45, 2.75) is 52.5 Å². The Morgan fingerprint density at radius 1 is 1.10 bits per heavy atom. The van der Waals surface area contributed by atoms with Crippen LogP contribution in [0, 0.1) is 5.41 Å². The molecule has 31 heavy (non-hydrogen) atoms. The topological polar surface area (TPSA) is 137 Å². The van der Waals surface area contributed by atoms with Gasteiger partial charge in [-0.15, -0.1) is 5.06 Å². The van der Waals surface area contributed by atoms with Crippen LogP contribution in [0.4, 0.5) is 0 Å². The molecule has 0 spiro atoms. The summed E-state index contributed by atoms with van der Waals surface area (Å²) in [5, 5.41) is 8.93. The van der Waals surface area contributed by atoms with Crippen LogP contribution >= 0.6 is 0 Å². The third kappa shape index (κ3) is 7.91. The van der Waals surface area contributed by atoms with E-state index in [9.17, 15) is 24.0 Å². The molecule has 0 saturated carbocycles. The van der Waals surface area contributed by atoms with Crippen molar-refractivity contribution in [1.29, 1.82) is 0 Å². The number of hydrogen-bond acceptors (Lipinski definition) is 8. The Morgan fingerprint density at radius 2 is 1.68 bits per heavy atom. The van der Waals surface area contributed by atoms with Gasteiger partial charge in [0.15, 0.2) is 0 Å². The van der Waals surface area contributed by atoms with E-state index in [4.69, 9.17) is 4.84 Å². The molecule has 0 bridgehead atoms. The van der Waals surface area contributed by atoms with Gasteiger partial charge in [0.25, 0.3) is 11.8 Å². The predicted octanol–water partition coefficient (Wildman–Crippen LogP) is -0.828. The van der Waals surface area contributed by atoms with E-state index in [-0.39, 0.29) is 56.6 Å². The number of nitrogens with zero attached hydrogens (tertiary/aromatic N) is 2. The Balaban J connectivity index is 2.34. The lowest BCUT2D eigenvalue weighted by Gasteiger charge is -2.38. The smallest absolute Gasteiger partial charge is 0.334 e. The summed E-state index contributed by atoms with van der Waals surface area (Å²) < 4.78 is 0. The molecule has 1 atom stereocenters. The summed E-state index contributed by atoms with van der Waals surface area (Å²) in [6.45, 7) is 7.38. The zero-order valence-electron chi connectivity index (χ0n) is 19.1. The highest BCUT2D eigenvalue weighted by molar-refractivity contribution is 6.01. The van der Waals surface area contributed by atoms with Gasteiger partial charge < -0.3 is 25.7 Å². The fourth-order valence-corrected chi connectivity index (χ4v) is 3.24. The molecule has 1 saturated heterocycles. The first-order valence-corrected chi connectivity index (χ1v) is 10.5. The summed E-state index contributed by atoms with van der Waals surface area (Å²) in [5.41, 5.74) is -0.668. The van der Waals surface area contributed by atoms with Crippen molar-refractivity contribution in [2.24, 2.45) is 5.41 Å². The highest BCUT2D eigenvalue weighted by atomic mass is 16.8. The summed E-state index contributed by atoms with van der Waals surface area (Å²) in [4.78, 5) is 65.9. The third-order valence-corrected chi connectivity index (χ3v) is 5.33. The van der Waals surface area contributed by atoms with Crippen LogP contribution in [-0.2, 0) is 28.8 Å². The third-order valence-electron chi connectivity index (χ3n) is 5.33. The van der Waals surface area contributed by atoms with Crippen LogP contribution in [0.5, 0.6) is 0 Å². The molecule has 11 nitrogen and oxygen atoms in total. The van der Waals surface area contributed by atoms with Crippen LogP contribution in [0.3, 0.4) is 0 Å². The number of imide groups is 1. The summed E-state index contributed by atoms with van der Waals surface area (Å²) >= 11 is 0. The van der Waals surface area contributed by atoms with Gasteiger partial charge in [0.05, 0.1) is 11.8 Å². The van der Waals surface area contributed by atoms with E-state index in [0.29, 0.717) is 11.6 Å². The normalized spacial score (nSPS) is 15.2. The lowest BCUT2D eigenvalue weighted by Crippen LogP contribution is -2.55. The molecule has 11 heteroatoms.